The minimum absolute atomic E-state index is 0.141. The minimum Gasteiger partial charge on any atom is -0.481 e. The second-order valence-corrected chi connectivity index (χ2v) is 5.31. The normalized spacial score (nSPS) is 28.4. The molecule has 0 radical (unpaired) electrons. The molecule has 2 aliphatic heterocycles. The fourth-order valence-electron chi connectivity index (χ4n) is 3.11. The summed E-state index contributed by atoms with van der Waals surface area (Å²) in [6.45, 7) is 0.533. The SMILES string of the molecule is COc1cc(CNC(=O)C2CC3CCC2N3)ccn1. The van der Waals surface area contributed by atoms with Crippen LogP contribution in [-0.4, -0.2) is 30.1 Å². The average molecular weight is 261 g/mol. The first-order chi connectivity index (χ1) is 9.26. The molecule has 19 heavy (non-hydrogen) atoms. The van der Waals surface area contributed by atoms with Gasteiger partial charge in [0.2, 0.25) is 11.8 Å². The Labute approximate surface area is 112 Å². The Hall–Kier alpha value is -1.62. The van der Waals surface area contributed by atoms with E-state index in [1.54, 1.807) is 13.3 Å². The van der Waals surface area contributed by atoms with Gasteiger partial charge in [0.1, 0.15) is 0 Å². The molecule has 1 aromatic rings. The number of pyridine rings is 1. The van der Waals surface area contributed by atoms with Crippen molar-refractivity contribution in [3.63, 3.8) is 0 Å². The lowest BCUT2D eigenvalue weighted by Gasteiger charge is -2.19. The Morgan fingerprint density at radius 1 is 1.58 bits per heavy atom. The van der Waals surface area contributed by atoms with E-state index in [1.807, 2.05) is 12.1 Å². The first-order valence-electron chi connectivity index (χ1n) is 6.79. The first-order valence-corrected chi connectivity index (χ1v) is 6.79. The number of amides is 1. The molecule has 3 heterocycles. The van der Waals surface area contributed by atoms with Gasteiger partial charge in [-0.15, -0.1) is 0 Å². The molecular formula is C14H19N3O2. The Bertz CT molecular complexity index is 478. The smallest absolute Gasteiger partial charge is 0.225 e. The van der Waals surface area contributed by atoms with Crippen LogP contribution in [0.4, 0.5) is 0 Å². The van der Waals surface area contributed by atoms with E-state index in [4.69, 9.17) is 4.74 Å². The van der Waals surface area contributed by atoms with Gasteiger partial charge in [-0.05, 0) is 30.9 Å². The summed E-state index contributed by atoms with van der Waals surface area (Å²) in [4.78, 5) is 16.2. The van der Waals surface area contributed by atoms with Gasteiger partial charge < -0.3 is 15.4 Å². The van der Waals surface area contributed by atoms with Gasteiger partial charge in [-0.25, -0.2) is 4.98 Å². The number of carbonyl (C=O) groups excluding carboxylic acids is 1. The molecule has 3 rings (SSSR count). The summed E-state index contributed by atoms with van der Waals surface area (Å²) in [5, 5.41) is 6.50. The number of carbonyl (C=O) groups is 1. The molecule has 2 fully saturated rings. The second kappa shape index (κ2) is 5.17. The highest BCUT2D eigenvalue weighted by atomic mass is 16.5. The van der Waals surface area contributed by atoms with Crippen molar-refractivity contribution in [1.82, 2.24) is 15.6 Å². The lowest BCUT2D eigenvalue weighted by molar-refractivity contribution is -0.125. The van der Waals surface area contributed by atoms with E-state index in [0.29, 0.717) is 24.5 Å². The number of aromatic nitrogens is 1. The van der Waals surface area contributed by atoms with E-state index in [1.165, 1.54) is 6.42 Å². The van der Waals surface area contributed by atoms with E-state index in [-0.39, 0.29) is 11.8 Å². The van der Waals surface area contributed by atoms with E-state index in [9.17, 15) is 4.79 Å². The van der Waals surface area contributed by atoms with Gasteiger partial charge in [-0.2, -0.15) is 0 Å². The van der Waals surface area contributed by atoms with E-state index in [2.05, 4.69) is 15.6 Å². The van der Waals surface area contributed by atoms with Gasteiger partial charge >= 0.3 is 0 Å². The highest BCUT2D eigenvalue weighted by Crippen LogP contribution is 2.33. The van der Waals surface area contributed by atoms with Crippen LogP contribution in [0.15, 0.2) is 18.3 Å². The summed E-state index contributed by atoms with van der Waals surface area (Å²) in [6, 6.07) is 4.68. The fraction of sp³-hybridized carbons (Fsp3) is 0.571. The van der Waals surface area contributed by atoms with Crippen LogP contribution >= 0.6 is 0 Å². The fourth-order valence-corrected chi connectivity index (χ4v) is 3.11. The highest BCUT2D eigenvalue weighted by molar-refractivity contribution is 5.80. The zero-order valence-corrected chi connectivity index (χ0v) is 11.1. The van der Waals surface area contributed by atoms with Crippen LogP contribution < -0.4 is 15.4 Å². The number of ether oxygens (including phenoxy) is 1. The number of hydrogen-bond donors (Lipinski definition) is 2. The molecule has 2 saturated heterocycles. The van der Waals surface area contributed by atoms with Crippen LogP contribution in [0.1, 0.15) is 24.8 Å². The summed E-state index contributed by atoms with van der Waals surface area (Å²) in [5.74, 6) is 0.881. The van der Waals surface area contributed by atoms with Gasteiger partial charge in [0.15, 0.2) is 0 Å². The lowest BCUT2D eigenvalue weighted by atomic mass is 9.88. The van der Waals surface area contributed by atoms with Crippen molar-refractivity contribution in [2.45, 2.75) is 37.9 Å². The maximum atomic E-state index is 12.2. The third kappa shape index (κ3) is 2.56. The van der Waals surface area contributed by atoms with Crippen molar-refractivity contribution in [3.05, 3.63) is 23.9 Å². The molecule has 0 aromatic carbocycles. The predicted octanol–water partition coefficient (Wildman–Crippen LogP) is 0.847. The molecule has 0 saturated carbocycles. The molecular weight excluding hydrogens is 242 g/mol. The molecule has 1 aromatic heterocycles. The summed E-state index contributed by atoms with van der Waals surface area (Å²) < 4.78 is 5.07. The van der Waals surface area contributed by atoms with Crippen LogP contribution in [-0.2, 0) is 11.3 Å². The standard InChI is InChI=1S/C14H19N3O2/c1-19-13-6-9(4-5-15-13)8-16-14(18)11-7-10-2-3-12(11)17-10/h4-6,10-12,17H,2-3,7-8H2,1H3,(H,16,18). The molecule has 0 spiro atoms. The summed E-state index contributed by atoms with van der Waals surface area (Å²) in [6.07, 6.45) is 5.03. The number of methoxy groups -OCH3 is 1. The second-order valence-electron chi connectivity index (χ2n) is 5.31. The Morgan fingerprint density at radius 2 is 2.47 bits per heavy atom. The summed E-state index contributed by atoms with van der Waals surface area (Å²) in [7, 11) is 1.59. The molecule has 0 aliphatic carbocycles. The Kier molecular flexibility index (Phi) is 3.38. The van der Waals surface area contributed by atoms with Crippen LogP contribution in [0, 0.1) is 5.92 Å². The zero-order chi connectivity index (χ0) is 13.2. The Morgan fingerprint density at radius 3 is 3.16 bits per heavy atom. The Balaban J connectivity index is 1.55. The van der Waals surface area contributed by atoms with Crippen molar-refractivity contribution in [2.24, 2.45) is 5.92 Å². The van der Waals surface area contributed by atoms with Crippen LogP contribution in [0.2, 0.25) is 0 Å². The topological polar surface area (TPSA) is 63.2 Å². The summed E-state index contributed by atoms with van der Waals surface area (Å²) in [5.41, 5.74) is 1.01. The van der Waals surface area contributed by atoms with Gasteiger partial charge in [-0.1, -0.05) is 0 Å². The lowest BCUT2D eigenvalue weighted by Crippen LogP contribution is -2.37. The quantitative estimate of drug-likeness (QED) is 0.843. The highest BCUT2D eigenvalue weighted by Gasteiger charge is 2.42. The minimum atomic E-state index is 0.141. The molecule has 5 nitrogen and oxygen atoms in total. The summed E-state index contributed by atoms with van der Waals surface area (Å²) >= 11 is 0. The van der Waals surface area contributed by atoms with E-state index >= 15 is 0 Å². The van der Waals surface area contributed by atoms with Crippen LogP contribution in [0.5, 0.6) is 5.88 Å². The molecule has 102 valence electrons. The number of fused-ring (bicyclic) bond motifs is 2. The average Bonchev–Trinajstić information content (AvgIpc) is 3.07. The van der Waals surface area contributed by atoms with Gasteiger partial charge in [0.05, 0.1) is 13.0 Å². The van der Waals surface area contributed by atoms with Crippen molar-refractivity contribution in [2.75, 3.05) is 7.11 Å². The zero-order valence-electron chi connectivity index (χ0n) is 11.1. The third-order valence-electron chi connectivity index (χ3n) is 4.11. The van der Waals surface area contributed by atoms with Gasteiger partial charge in [0.25, 0.3) is 0 Å². The largest absolute Gasteiger partial charge is 0.481 e. The van der Waals surface area contributed by atoms with E-state index in [0.717, 1.165) is 18.4 Å². The molecule has 2 bridgehead atoms. The number of nitrogens with zero attached hydrogens (tertiary/aromatic N) is 1. The first kappa shape index (κ1) is 12.4. The van der Waals surface area contributed by atoms with Crippen molar-refractivity contribution >= 4 is 5.91 Å². The number of hydrogen-bond acceptors (Lipinski definition) is 4. The van der Waals surface area contributed by atoms with Crippen molar-refractivity contribution in [1.29, 1.82) is 0 Å². The van der Waals surface area contributed by atoms with Crippen LogP contribution in [0.3, 0.4) is 0 Å². The van der Waals surface area contributed by atoms with Crippen LogP contribution in [0.25, 0.3) is 0 Å². The predicted molar refractivity (Wildman–Crippen MR) is 70.7 cm³/mol. The molecule has 5 heteroatoms. The molecule has 3 unspecified atom stereocenters. The van der Waals surface area contributed by atoms with E-state index < -0.39 is 0 Å². The van der Waals surface area contributed by atoms with Crippen molar-refractivity contribution < 1.29 is 9.53 Å². The maximum Gasteiger partial charge on any atom is 0.225 e. The number of nitrogens with one attached hydrogen (secondary N) is 2. The molecule has 3 atom stereocenters. The van der Waals surface area contributed by atoms with Gasteiger partial charge in [-0.3, -0.25) is 4.79 Å². The molecule has 2 N–H and O–H groups in total. The molecule has 1 amide bonds. The van der Waals surface area contributed by atoms with Crippen molar-refractivity contribution in [3.8, 4) is 5.88 Å². The maximum absolute atomic E-state index is 12.2. The number of rotatable bonds is 4. The third-order valence-corrected chi connectivity index (χ3v) is 4.11. The monoisotopic (exact) mass is 261 g/mol. The molecule has 2 aliphatic rings. The van der Waals surface area contributed by atoms with Gasteiger partial charge in [0, 0.05) is 30.9 Å².